The summed E-state index contributed by atoms with van der Waals surface area (Å²) in [6.45, 7) is 1.57. The van der Waals surface area contributed by atoms with Crippen LogP contribution in [0, 0.1) is 0 Å². The Morgan fingerprint density at radius 1 is 1.31 bits per heavy atom. The van der Waals surface area contributed by atoms with Gasteiger partial charge in [0.15, 0.2) is 0 Å². The van der Waals surface area contributed by atoms with Gasteiger partial charge in [0.2, 0.25) is 5.91 Å². The Morgan fingerprint density at radius 2 is 1.94 bits per heavy atom. The highest BCUT2D eigenvalue weighted by molar-refractivity contribution is 5.87. The molecule has 1 aromatic carbocycles. The van der Waals surface area contributed by atoms with Crippen LogP contribution in [0.5, 0.6) is 0 Å². The van der Waals surface area contributed by atoms with Crippen molar-refractivity contribution in [2.24, 2.45) is 5.84 Å². The topological polar surface area (TPSA) is 84.2 Å². The van der Waals surface area contributed by atoms with Crippen molar-refractivity contribution in [1.82, 2.24) is 10.7 Å². The normalized spacial score (nSPS) is 11.6. The molecule has 1 aromatic rings. The van der Waals surface area contributed by atoms with Crippen LogP contribution >= 0.6 is 0 Å². The quantitative estimate of drug-likeness (QED) is 0.371. The lowest BCUT2D eigenvalue weighted by Gasteiger charge is -2.11. The first-order valence-electron chi connectivity index (χ1n) is 4.97. The molecule has 1 rings (SSSR count). The SMILES string of the molecule is C[C@@H](NC(=O)Cc1ccccc1)C(=O)NN. The largest absolute Gasteiger partial charge is 0.344 e. The molecule has 0 aliphatic heterocycles. The van der Waals surface area contributed by atoms with Gasteiger partial charge < -0.3 is 5.32 Å². The fourth-order valence-electron chi connectivity index (χ4n) is 1.26. The van der Waals surface area contributed by atoms with Crippen LogP contribution in [0.15, 0.2) is 30.3 Å². The Kier molecular flexibility index (Phi) is 4.47. The van der Waals surface area contributed by atoms with Gasteiger partial charge in [0.1, 0.15) is 6.04 Å². The minimum absolute atomic E-state index is 0.206. The summed E-state index contributed by atoms with van der Waals surface area (Å²) in [5.41, 5.74) is 2.88. The maximum atomic E-state index is 11.5. The third kappa shape index (κ3) is 3.70. The van der Waals surface area contributed by atoms with Crippen molar-refractivity contribution in [2.45, 2.75) is 19.4 Å². The molecule has 1 atom stereocenters. The van der Waals surface area contributed by atoms with Crippen molar-refractivity contribution >= 4 is 11.8 Å². The van der Waals surface area contributed by atoms with E-state index >= 15 is 0 Å². The Hall–Kier alpha value is -1.88. The first-order valence-corrected chi connectivity index (χ1v) is 4.97. The maximum Gasteiger partial charge on any atom is 0.256 e. The summed E-state index contributed by atoms with van der Waals surface area (Å²) in [5.74, 6) is 4.33. The number of benzene rings is 1. The molecule has 16 heavy (non-hydrogen) atoms. The summed E-state index contributed by atoms with van der Waals surface area (Å²) in [7, 11) is 0. The number of nitrogens with two attached hydrogens (primary N) is 1. The number of carbonyl (C=O) groups excluding carboxylic acids is 2. The van der Waals surface area contributed by atoms with E-state index in [4.69, 9.17) is 5.84 Å². The molecule has 2 amide bonds. The van der Waals surface area contributed by atoms with Crippen LogP contribution in [-0.2, 0) is 16.0 Å². The highest BCUT2D eigenvalue weighted by Gasteiger charge is 2.13. The molecule has 4 N–H and O–H groups in total. The first kappa shape index (κ1) is 12.2. The second-order valence-corrected chi connectivity index (χ2v) is 3.46. The third-order valence-corrected chi connectivity index (χ3v) is 2.12. The molecule has 0 heterocycles. The molecule has 0 unspecified atom stereocenters. The van der Waals surface area contributed by atoms with Gasteiger partial charge in [-0.1, -0.05) is 30.3 Å². The van der Waals surface area contributed by atoms with E-state index in [0.717, 1.165) is 5.56 Å². The van der Waals surface area contributed by atoms with Crippen molar-refractivity contribution in [3.8, 4) is 0 Å². The Labute approximate surface area is 94.0 Å². The van der Waals surface area contributed by atoms with Crippen LogP contribution in [0.25, 0.3) is 0 Å². The average Bonchev–Trinajstić information content (AvgIpc) is 2.29. The third-order valence-electron chi connectivity index (χ3n) is 2.12. The minimum atomic E-state index is -0.624. The Balaban J connectivity index is 2.45. The zero-order chi connectivity index (χ0) is 12.0. The molecule has 0 fully saturated rings. The van der Waals surface area contributed by atoms with E-state index in [1.54, 1.807) is 6.92 Å². The number of rotatable bonds is 4. The van der Waals surface area contributed by atoms with Gasteiger partial charge in [0, 0.05) is 0 Å². The van der Waals surface area contributed by atoms with Crippen molar-refractivity contribution in [1.29, 1.82) is 0 Å². The predicted molar refractivity (Wildman–Crippen MR) is 60.1 cm³/mol. The highest BCUT2D eigenvalue weighted by atomic mass is 16.2. The first-order chi connectivity index (χ1) is 7.63. The second-order valence-electron chi connectivity index (χ2n) is 3.46. The van der Waals surface area contributed by atoms with Crippen molar-refractivity contribution in [2.75, 3.05) is 0 Å². The molecule has 0 aromatic heterocycles. The van der Waals surface area contributed by atoms with Crippen LogP contribution < -0.4 is 16.6 Å². The fraction of sp³-hybridized carbons (Fsp3) is 0.273. The monoisotopic (exact) mass is 221 g/mol. The molecule has 0 saturated carbocycles. The molecule has 0 aliphatic carbocycles. The summed E-state index contributed by atoms with van der Waals surface area (Å²) < 4.78 is 0. The van der Waals surface area contributed by atoms with E-state index in [0.29, 0.717) is 0 Å². The van der Waals surface area contributed by atoms with E-state index in [2.05, 4.69) is 5.32 Å². The Morgan fingerprint density at radius 3 is 2.50 bits per heavy atom. The smallest absolute Gasteiger partial charge is 0.256 e. The van der Waals surface area contributed by atoms with Crippen molar-refractivity contribution in [3.63, 3.8) is 0 Å². The summed E-state index contributed by atoms with van der Waals surface area (Å²) >= 11 is 0. The lowest BCUT2D eigenvalue weighted by molar-refractivity contribution is -0.128. The molecule has 86 valence electrons. The molecule has 0 spiro atoms. The van der Waals surface area contributed by atoms with E-state index < -0.39 is 11.9 Å². The van der Waals surface area contributed by atoms with Crippen molar-refractivity contribution < 1.29 is 9.59 Å². The summed E-state index contributed by atoms with van der Waals surface area (Å²) in [5, 5.41) is 2.55. The van der Waals surface area contributed by atoms with Crippen LogP contribution in [0.4, 0.5) is 0 Å². The van der Waals surface area contributed by atoms with E-state index in [1.165, 1.54) is 0 Å². The number of nitrogens with one attached hydrogen (secondary N) is 2. The second kappa shape index (κ2) is 5.87. The van der Waals surface area contributed by atoms with Gasteiger partial charge in [0.05, 0.1) is 6.42 Å². The van der Waals surface area contributed by atoms with Gasteiger partial charge >= 0.3 is 0 Å². The minimum Gasteiger partial charge on any atom is -0.344 e. The molecule has 5 nitrogen and oxygen atoms in total. The number of amides is 2. The van der Waals surface area contributed by atoms with E-state index in [9.17, 15) is 9.59 Å². The van der Waals surface area contributed by atoms with Gasteiger partial charge in [0.25, 0.3) is 5.91 Å². The maximum absolute atomic E-state index is 11.5. The number of hydrogen-bond donors (Lipinski definition) is 3. The van der Waals surface area contributed by atoms with Crippen LogP contribution in [-0.4, -0.2) is 17.9 Å². The van der Waals surface area contributed by atoms with Crippen LogP contribution in [0.1, 0.15) is 12.5 Å². The van der Waals surface area contributed by atoms with Gasteiger partial charge in [-0.2, -0.15) is 0 Å². The van der Waals surface area contributed by atoms with Crippen LogP contribution in [0.2, 0.25) is 0 Å². The summed E-state index contributed by atoms with van der Waals surface area (Å²) in [6.07, 6.45) is 0.253. The molecule has 5 heteroatoms. The average molecular weight is 221 g/mol. The predicted octanol–water partition coefficient (Wildman–Crippen LogP) is -0.276. The van der Waals surface area contributed by atoms with Gasteiger partial charge in [-0.3, -0.25) is 15.0 Å². The molecule has 0 saturated heterocycles. The van der Waals surface area contributed by atoms with Gasteiger partial charge in [-0.05, 0) is 12.5 Å². The van der Waals surface area contributed by atoms with Crippen LogP contribution in [0.3, 0.4) is 0 Å². The fourth-order valence-corrected chi connectivity index (χ4v) is 1.26. The lowest BCUT2D eigenvalue weighted by Crippen LogP contribution is -2.47. The molecular formula is C11H15N3O2. The summed E-state index contributed by atoms with van der Waals surface area (Å²) in [4.78, 5) is 22.6. The number of carbonyl (C=O) groups is 2. The zero-order valence-electron chi connectivity index (χ0n) is 9.07. The number of hydrogen-bond acceptors (Lipinski definition) is 3. The Bertz CT molecular complexity index is 365. The van der Waals surface area contributed by atoms with Crippen molar-refractivity contribution in [3.05, 3.63) is 35.9 Å². The molecule has 0 aliphatic rings. The standard InChI is InChI=1S/C11H15N3O2/c1-8(11(16)14-12)13-10(15)7-9-5-3-2-4-6-9/h2-6,8H,7,12H2,1H3,(H,13,15)(H,14,16)/t8-/m1/s1. The summed E-state index contributed by atoms with van der Waals surface area (Å²) in [6, 6.07) is 8.69. The lowest BCUT2D eigenvalue weighted by atomic mass is 10.1. The zero-order valence-corrected chi connectivity index (χ0v) is 9.07. The van der Waals surface area contributed by atoms with Gasteiger partial charge in [-0.25, -0.2) is 5.84 Å². The van der Waals surface area contributed by atoms with E-state index in [-0.39, 0.29) is 12.3 Å². The molecule has 0 bridgehead atoms. The molecular weight excluding hydrogens is 206 g/mol. The highest BCUT2D eigenvalue weighted by Crippen LogP contribution is 1.99. The van der Waals surface area contributed by atoms with E-state index in [1.807, 2.05) is 35.8 Å². The molecule has 0 radical (unpaired) electrons. The number of hydrazine groups is 1. The van der Waals surface area contributed by atoms with Gasteiger partial charge in [-0.15, -0.1) is 0 Å².